The summed E-state index contributed by atoms with van der Waals surface area (Å²) < 4.78 is 5.31. The zero-order valence-electron chi connectivity index (χ0n) is 12.3. The number of benzene rings is 1. The van der Waals surface area contributed by atoms with Crippen LogP contribution in [0.1, 0.15) is 31.4 Å². The van der Waals surface area contributed by atoms with Crippen molar-refractivity contribution in [2.24, 2.45) is 11.8 Å². The molecule has 1 aromatic carbocycles. The second-order valence-electron chi connectivity index (χ2n) is 5.48. The normalized spacial score (nSPS) is 18.3. The molecule has 1 N–H and O–H groups in total. The number of nitrogens with zero attached hydrogens (tertiary/aromatic N) is 1. The number of amides is 1. The van der Waals surface area contributed by atoms with E-state index in [1.807, 2.05) is 6.92 Å². The van der Waals surface area contributed by atoms with Crippen molar-refractivity contribution < 1.29 is 9.53 Å². The van der Waals surface area contributed by atoms with Crippen molar-refractivity contribution in [2.45, 2.75) is 25.8 Å². The highest BCUT2D eigenvalue weighted by Gasteiger charge is 2.27. The molecule has 6 heteroatoms. The van der Waals surface area contributed by atoms with Gasteiger partial charge < -0.3 is 10.1 Å². The zero-order valence-corrected chi connectivity index (χ0v) is 13.8. The number of carbonyl (C=O) groups excluding carboxylic acids is 1. The van der Waals surface area contributed by atoms with E-state index in [0.29, 0.717) is 34.7 Å². The maximum Gasteiger partial charge on any atom is 0.224 e. The predicted octanol–water partition coefficient (Wildman–Crippen LogP) is 3.74. The molecule has 0 bridgehead atoms. The minimum Gasteiger partial charge on any atom is -0.381 e. The third-order valence-electron chi connectivity index (χ3n) is 4.08. The molecule has 1 aromatic rings. The lowest BCUT2D eigenvalue weighted by Gasteiger charge is -2.27. The molecule has 118 valence electrons. The summed E-state index contributed by atoms with van der Waals surface area (Å²) in [5, 5.41) is 12.9. The summed E-state index contributed by atoms with van der Waals surface area (Å²) in [4.78, 5) is 12.4. The number of ether oxygens (including phenoxy) is 1. The van der Waals surface area contributed by atoms with E-state index < -0.39 is 6.04 Å². The minimum atomic E-state index is -0.732. The van der Waals surface area contributed by atoms with Gasteiger partial charge in [-0.2, -0.15) is 5.26 Å². The Morgan fingerprint density at radius 1 is 1.36 bits per heavy atom. The van der Waals surface area contributed by atoms with Crippen LogP contribution in [0.25, 0.3) is 0 Å². The van der Waals surface area contributed by atoms with E-state index >= 15 is 0 Å². The Morgan fingerprint density at radius 2 is 2.05 bits per heavy atom. The fourth-order valence-electron chi connectivity index (χ4n) is 2.59. The summed E-state index contributed by atoms with van der Waals surface area (Å²) in [6.45, 7) is 3.28. The Hall–Kier alpha value is -1.28. The van der Waals surface area contributed by atoms with E-state index in [1.54, 1.807) is 18.2 Å². The maximum absolute atomic E-state index is 12.4. The van der Waals surface area contributed by atoms with Crippen LogP contribution in [0, 0.1) is 23.2 Å². The highest BCUT2D eigenvalue weighted by molar-refractivity contribution is 6.42. The van der Waals surface area contributed by atoms with Crippen LogP contribution in [0.3, 0.4) is 0 Å². The smallest absolute Gasteiger partial charge is 0.224 e. The van der Waals surface area contributed by atoms with Gasteiger partial charge in [-0.25, -0.2) is 0 Å². The van der Waals surface area contributed by atoms with Gasteiger partial charge in [-0.05, 0) is 36.5 Å². The standard InChI is InChI=1S/C16H18Cl2N2O2/c1-10(11-4-6-22-7-5-11)16(21)20-15(9-19)12-2-3-13(17)14(18)8-12/h2-3,8,10-11,15H,4-7H2,1H3,(H,20,21). The topological polar surface area (TPSA) is 62.1 Å². The van der Waals surface area contributed by atoms with Gasteiger partial charge in [0.15, 0.2) is 0 Å². The van der Waals surface area contributed by atoms with Crippen LogP contribution in [-0.4, -0.2) is 19.1 Å². The first-order valence-corrected chi connectivity index (χ1v) is 8.01. The van der Waals surface area contributed by atoms with Crippen LogP contribution in [0.15, 0.2) is 18.2 Å². The molecule has 2 atom stereocenters. The van der Waals surface area contributed by atoms with Gasteiger partial charge in [0.25, 0.3) is 0 Å². The van der Waals surface area contributed by atoms with Crippen molar-refractivity contribution in [3.05, 3.63) is 33.8 Å². The van der Waals surface area contributed by atoms with Crippen molar-refractivity contribution in [3.63, 3.8) is 0 Å². The second kappa shape index (κ2) is 7.82. The van der Waals surface area contributed by atoms with Crippen LogP contribution in [0.4, 0.5) is 0 Å². The minimum absolute atomic E-state index is 0.121. The largest absolute Gasteiger partial charge is 0.381 e. The molecule has 0 saturated carbocycles. The van der Waals surface area contributed by atoms with Crippen molar-refractivity contribution in [1.82, 2.24) is 5.32 Å². The van der Waals surface area contributed by atoms with E-state index in [0.717, 1.165) is 12.8 Å². The summed E-state index contributed by atoms with van der Waals surface area (Å²) in [6.07, 6.45) is 1.75. The highest BCUT2D eigenvalue weighted by Crippen LogP contribution is 2.27. The molecule has 2 unspecified atom stereocenters. The van der Waals surface area contributed by atoms with Crippen LogP contribution >= 0.6 is 23.2 Å². The first kappa shape index (κ1) is 17.1. The number of hydrogen-bond acceptors (Lipinski definition) is 3. The lowest BCUT2D eigenvalue weighted by molar-refractivity contribution is -0.127. The first-order chi connectivity index (χ1) is 10.5. The average molecular weight is 341 g/mol. The molecule has 0 radical (unpaired) electrons. The Bertz CT molecular complexity index is 580. The Morgan fingerprint density at radius 3 is 2.64 bits per heavy atom. The SMILES string of the molecule is CC(C(=O)NC(C#N)c1ccc(Cl)c(Cl)c1)C1CCOCC1. The molecule has 0 aromatic heterocycles. The van der Waals surface area contributed by atoms with Crippen LogP contribution < -0.4 is 5.32 Å². The Balaban J connectivity index is 2.04. The lowest BCUT2D eigenvalue weighted by Crippen LogP contribution is -2.37. The number of hydrogen-bond donors (Lipinski definition) is 1. The summed E-state index contributed by atoms with van der Waals surface area (Å²) in [7, 11) is 0. The first-order valence-electron chi connectivity index (χ1n) is 7.25. The second-order valence-corrected chi connectivity index (χ2v) is 6.30. The van der Waals surface area contributed by atoms with Gasteiger partial charge >= 0.3 is 0 Å². The van der Waals surface area contributed by atoms with Crippen molar-refractivity contribution in [1.29, 1.82) is 5.26 Å². The van der Waals surface area contributed by atoms with E-state index in [4.69, 9.17) is 27.9 Å². The van der Waals surface area contributed by atoms with Crippen LogP contribution in [0.2, 0.25) is 10.0 Å². The summed E-state index contributed by atoms with van der Waals surface area (Å²) in [5.41, 5.74) is 0.629. The van der Waals surface area contributed by atoms with Crippen molar-refractivity contribution in [2.75, 3.05) is 13.2 Å². The molecule has 0 aliphatic carbocycles. The molecule has 1 heterocycles. The highest BCUT2D eigenvalue weighted by atomic mass is 35.5. The Kier molecular flexibility index (Phi) is 6.07. The molecule has 1 amide bonds. The van der Waals surface area contributed by atoms with Gasteiger partial charge in [0.05, 0.1) is 16.1 Å². The average Bonchev–Trinajstić information content (AvgIpc) is 2.55. The van der Waals surface area contributed by atoms with E-state index in [2.05, 4.69) is 11.4 Å². The van der Waals surface area contributed by atoms with Crippen molar-refractivity contribution in [3.8, 4) is 6.07 Å². The molecule has 4 nitrogen and oxygen atoms in total. The fourth-order valence-corrected chi connectivity index (χ4v) is 2.89. The quantitative estimate of drug-likeness (QED) is 0.907. The number of halogens is 2. The lowest BCUT2D eigenvalue weighted by atomic mass is 9.86. The molecule has 22 heavy (non-hydrogen) atoms. The molecule has 1 fully saturated rings. The molecule has 1 aliphatic rings. The molecule has 1 saturated heterocycles. The third-order valence-corrected chi connectivity index (χ3v) is 4.82. The fraction of sp³-hybridized carbons (Fsp3) is 0.500. The molecule has 1 aliphatic heterocycles. The maximum atomic E-state index is 12.4. The summed E-state index contributed by atoms with van der Waals surface area (Å²) in [6, 6.07) is 6.29. The number of nitrogens with one attached hydrogen (secondary N) is 1. The van der Waals surface area contributed by atoms with Gasteiger partial charge in [0, 0.05) is 19.1 Å². The molecule has 2 rings (SSSR count). The van der Waals surface area contributed by atoms with E-state index in [9.17, 15) is 10.1 Å². The molecular formula is C16H18Cl2N2O2. The monoisotopic (exact) mass is 340 g/mol. The van der Waals surface area contributed by atoms with Gasteiger partial charge in [0.2, 0.25) is 5.91 Å². The van der Waals surface area contributed by atoms with Gasteiger partial charge in [-0.15, -0.1) is 0 Å². The van der Waals surface area contributed by atoms with Gasteiger partial charge in [0.1, 0.15) is 6.04 Å². The summed E-state index contributed by atoms with van der Waals surface area (Å²) in [5.74, 6) is 0.0222. The predicted molar refractivity (Wildman–Crippen MR) is 85.7 cm³/mol. The van der Waals surface area contributed by atoms with E-state index in [-0.39, 0.29) is 11.8 Å². The van der Waals surface area contributed by atoms with Crippen LogP contribution in [-0.2, 0) is 9.53 Å². The van der Waals surface area contributed by atoms with Crippen molar-refractivity contribution >= 4 is 29.1 Å². The van der Waals surface area contributed by atoms with Crippen LogP contribution in [0.5, 0.6) is 0 Å². The number of nitriles is 1. The number of carbonyl (C=O) groups is 1. The Labute approximate surface area is 140 Å². The van der Waals surface area contributed by atoms with E-state index in [1.165, 1.54) is 0 Å². The number of rotatable bonds is 4. The zero-order chi connectivity index (χ0) is 16.1. The van der Waals surface area contributed by atoms with Gasteiger partial charge in [-0.3, -0.25) is 4.79 Å². The molecule has 0 spiro atoms. The summed E-state index contributed by atoms with van der Waals surface area (Å²) >= 11 is 11.8. The van der Waals surface area contributed by atoms with Gasteiger partial charge in [-0.1, -0.05) is 36.2 Å². The molecular weight excluding hydrogens is 323 g/mol. The third kappa shape index (κ3) is 4.13.